The fourth-order valence-corrected chi connectivity index (χ4v) is 3.90. The van der Waals surface area contributed by atoms with Crippen molar-refractivity contribution in [3.05, 3.63) is 71.0 Å². The number of benzene rings is 2. The van der Waals surface area contributed by atoms with Gasteiger partial charge in [-0.05, 0) is 50.2 Å². The molecule has 0 spiro atoms. The van der Waals surface area contributed by atoms with Gasteiger partial charge in [-0.2, -0.15) is 0 Å². The Morgan fingerprint density at radius 1 is 1.11 bits per heavy atom. The number of nitrogens with zero attached hydrogens (tertiary/aromatic N) is 1. The molecule has 3 aromatic rings. The van der Waals surface area contributed by atoms with Crippen molar-refractivity contribution in [2.75, 3.05) is 10.6 Å². The van der Waals surface area contributed by atoms with Crippen molar-refractivity contribution >= 4 is 45.7 Å². The minimum atomic E-state index is -0.567. The van der Waals surface area contributed by atoms with Crippen molar-refractivity contribution < 1.29 is 14.0 Å². The van der Waals surface area contributed by atoms with Crippen LogP contribution < -0.4 is 10.6 Å². The second kappa shape index (κ2) is 8.99. The van der Waals surface area contributed by atoms with E-state index in [1.807, 2.05) is 19.2 Å². The van der Waals surface area contributed by atoms with E-state index in [4.69, 9.17) is 0 Å². The monoisotopic (exact) mass is 415 g/mol. The van der Waals surface area contributed by atoms with Gasteiger partial charge >= 0.3 is 0 Å². The quantitative estimate of drug-likeness (QED) is 0.558. The summed E-state index contributed by atoms with van der Waals surface area (Å²) >= 11 is 2.79. The zero-order valence-electron chi connectivity index (χ0n) is 15.2. The minimum Gasteiger partial charge on any atom is -0.322 e. The molecular formula is C20H18FN3O2S2. The summed E-state index contributed by atoms with van der Waals surface area (Å²) < 4.78 is 13.7. The molecule has 2 amide bonds. The van der Waals surface area contributed by atoms with Crippen LogP contribution in [0.1, 0.15) is 23.0 Å². The van der Waals surface area contributed by atoms with Gasteiger partial charge in [0, 0.05) is 16.0 Å². The molecule has 1 heterocycles. The zero-order chi connectivity index (χ0) is 20.1. The highest BCUT2D eigenvalue weighted by Gasteiger charge is 2.16. The van der Waals surface area contributed by atoms with Gasteiger partial charge in [-0.15, -0.1) is 23.1 Å². The number of carbonyl (C=O) groups excluding carboxylic acids is 2. The van der Waals surface area contributed by atoms with Crippen LogP contribution in [0.5, 0.6) is 0 Å². The number of amides is 2. The molecule has 1 aromatic heterocycles. The number of hydrogen-bond acceptors (Lipinski definition) is 5. The van der Waals surface area contributed by atoms with Gasteiger partial charge in [0.2, 0.25) is 5.91 Å². The van der Waals surface area contributed by atoms with Crippen LogP contribution in [0.15, 0.2) is 58.8 Å². The van der Waals surface area contributed by atoms with Crippen LogP contribution >= 0.6 is 23.1 Å². The largest absolute Gasteiger partial charge is 0.322 e. The second-order valence-corrected chi connectivity index (χ2v) is 8.27. The molecule has 2 aromatic carbocycles. The van der Waals surface area contributed by atoms with Gasteiger partial charge in [0.1, 0.15) is 5.82 Å². The molecule has 1 unspecified atom stereocenters. The third kappa shape index (κ3) is 5.17. The lowest BCUT2D eigenvalue weighted by molar-refractivity contribution is -0.115. The molecule has 5 nitrogen and oxygen atoms in total. The van der Waals surface area contributed by atoms with E-state index in [9.17, 15) is 14.0 Å². The average molecular weight is 416 g/mol. The number of nitrogens with one attached hydrogen (secondary N) is 2. The van der Waals surface area contributed by atoms with E-state index in [-0.39, 0.29) is 16.7 Å². The van der Waals surface area contributed by atoms with Crippen LogP contribution in [0.25, 0.3) is 0 Å². The molecule has 2 N–H and O–H groups in total. The molecule has 0 saturated carbocycles. The normalized spacial score (nSPS) is 11.7. The summed E-state index contributed by atoms with van der Waals surface area (Å²) in [7, 11) is 0. The number of aromatic nitrogens is 1. The lowest BCUT2D eigenvalue weighted by Crippen LogP contribution is -2.22. The maximum absolute atomic E-state index is 13.7. The number of hydrogen-bond donors (Lipinski definition) is 2. The first-order chi connectivity index (χ1) is 13.4. The molecule has 3 rings (SSSR count). The van der Waals surface area contributed by atoms with Crippen LogP contribution in [-0.2, 0) is 4.79 Å². The van der Waals surface area contributed by atoms with Gasteiger partial charge in [0.25, 0.3) is 5.91 Å². The van der Waals surface area contributed by atoms with Crippen LogP contribution in [0.4, 0.5) is 15.2 Å². The Morgan fingerprint density at radius 2 is 1.82 bits per heavy atom. The van der Waals surface area contributed by atoms with Gasteiger partial charge in [-0.1, -0.05) is 12.1 Å². The van der Waals surface area contributed by atoms with Gasteiger partial charge < -0.3 is 10.6 Å². The van der Waals surface area contributed by atoms with Gasteiger partial charge in [0.15, 0.2) is 5.13 Å². The molecule has 0 aliphatic rings. The molecule has 0 fully saturated rings. The molecular weight excluding hydrogens is 397 g/mol. The first-order valence-corrected chi connectivity index (χ1v) is 10.2. The molecule has 0 bridgehead atoms. The summed E-state index contributed by atoms with van der Waals surface area (Å²) in [4.78, 5) is 29.5. The summed E-state index contributed by atoms with van der Waals surface area (Å²) in [5, 5.41) is 7.61. The van der Waals surface area contributed by atoms with E-state index in [0.717, 1.165) is 10.6 Å². The fourth-order valence-electron chi connectivity index (χ4n) is 2.34. The minimum absolute atomic E-state index is 0.0105. The molecule has 1 atom stereocenters. The van der Waals surface area contributed by atoms with E-state index in [2.05, 4.69) is 15.6 Å². The van der Waals surface area contributed by atoms with Crippen LogP contribution in [-0.4, -0.2) is 22.0 Å². The van der Waals surface area contributed by atoms with Gasteiger partial charge in [-0.25, -0.2) is 9.37 Å². The Labute approximate surface area is 170 Å². The van der Waals surface area contributed by atoms with Crippen molar-refractivity contribution in [2.24, 2.45) is 0 Å². The van der Waals surface area contributed by atoms with E-state index < -0.39 is 11.7 Å². The highest BCUT2D eigenvalue weighted by atomic mass is 32.2. The maximum Gasteiger partial charge on any atom is 0.258 e. The van der Waals surface area contributed by atoms with Crippen molar-refractivity contribution in [3.8, 4) is 0 Å². The van der Waals surface area contributed by atoms with E-state index in [1.165, 1.54) is 41.3 Å². The summed E-state index contributed by atoms with van der Waals surface area (Å²) in [5.41, 5.74) is 1.41. The third-order valence-electron chi connectivity index (χ3n) is 3.76. The van der Waals surface area contributed by atoms with Crippen LogP contribution in [0, 0.1) is 12.7 Å². The number of aryl methyl sites for hydroxylation is 1. The lowest BCUT2D eigenvalue weighted by atomic mass is 10.2. The maximum atomic E-state index is 13.7. The summed E-state index contributed by atoms with van der Waals surface area (Å²) in [6.07, 6.45) is 0. The van der Waals surface area contributed by atoms with Crippen molar-refractivity contribution in [1.82, 2.24) is 4.98 Å². The van der Waals surface area contributed by atoms with Crippen LogP contribution in [0.3, 0.4) is 0 Å². The SMILES string of the molecule is Cc1csc(NC(=O)C(C)Sc2ccc(NC(=O)c3ccccc3F)cc2)n1. The highest BCUT2D eigenvalue weighted by Crippen LogP contribution is 2.26. The number of halogens is 1. The Kier molecular flexibility index (Phi) is 6.43. The van der Waals surface area contributed by atoms with E-state index >= 15 is 0 Å². The Balaban J connectivity index is 1.57. The molecule has 8 heteroatoms. The number of rotatable bonds is 6. The Morgan fingerprint density at radius 3 is 2.46 bits per heavy atom. The third-order valence-corrected chi connectivity index (χ3v) is 5.75. The topological polar surface area (TPSA) is 71.1 Å². The molecule has 0 aliphatic carbocycles. The Hall–Kier alpha value is -2.71. The predicted octanol–water partition coefficient (Wildman–Crippen LogP) is 4.96. The molecule has 0 radical (unpaired) electrons. The van der Waals surface area contributed by atoms with Crippen molar-refractivity contribution in [3.63, 3.8) is 0 Å². The van der Waals surface area contributed by atoms with E-state index in [1.54, 1.807) is 30.3 Å². The van der Waals surface area contributed by atoms with Gasteiger partial charge in [-0.3, -0.25) is 9.59 Å². The first kappa shape index (κ1) is 20.0. The highest BCUT2D eigenvalue weighted by molar-refractivity contribution is 8.00. The summed E-state index contributed by atoms with van der Waals surface area (Å²) in [5.74, 6) is -1.20. The predicted molar refractivity (Wildman–Crippen MR) is 112 cm³/mol. The molecule has 28 heavy (non-hydrogen) atoms. The average Bonchev–Trinajstić information content (AvgIpc) is 3.08. The van der Waals surface area contributed by atoms with Crippen molar-refractivity contribution in [2.45, 2.75) is 24.0 Å². The first-order valence-electron chi connectivity index (χ1n) is 8.48. The number of thioether (sulfide) groups is 1. The number of thiazole rings is 1. The van der Waals surface area contributed by atoms with E-state index in [0.29, 0.717) is 10.8 Å². The second-order valence-electron chi connectivity index (χ2n) is 6.00. The lowest BCUT2D eigenvalue weighted by Gasteiger charge is -2.11. The molecule has 144 valence electrons. The van der Waals surface area contributed by atoms with Crippen LogP contribution in [0.2, 0.25) is 0 Å². The van der Waals surface area contributed by atoms with Gasteiger partial charge in [0.05, 0.1) is 16.5 Å². The Bertz CT molecular complexity index is 989. The fraction of sp³-hybridized carbons (Fsp3) is 0.150. The smallest absolute Gasteiger partial charge is 0.258 e. The summed E-state index contributed by atoms with van der Waals surface area (Å²) in [6.45, 7) is 3.69. The summed E-state index contributed by atoms with van der Waals surface area (Å²) in [6, 6.07) is 12.9. The number of anilines is 2. The van der Waals surface area contributed by atoms with Crippen molar-refractivity contribution in [1.29, 1.82) is 0 Å². The molecule has 0 saturated heterocycles. The standard InChI is InChI=1S/C20H18FN3O2S2/c1-12-11-27-20(22-12)24-18(25)13(2)28-15-9-7-14(8-10-15)23-19(26)16-5-3-4-6-17(16)21/h3-11,13H,1-2H3,(H,23,26)(H,22,24,25). The zero-order valence-corrected chi connectivity index (χ0v) is 16.9. The number of carbonyl (C=O) groups is 2. The molecule has 0 aliphatic heterocycles.